The molecule has 0 saturated carbocycles. The summed E-state index contributed by atoms with van der Waals surface area (Å²) in [7, 11) is 3.60. The van der Waals surface area contributed by atoms with Crippen molar-refractivity contribution in [1.82, 2.24) is 19.4 Å². The third-order valence-electron chi connectivity index (χ3n) is 6.31. The molecular formula is C26H31N5O3S. The standard InChI is InChI=1S/C26H31N5O3S/c1-30(2)17-24(27)35(33)31-16-19-15-26(14-13-22(19)29-31,20-9-5-4-6-10-20)18-28-25(32)21-11-7-8-12-23(21)34-3/h4-12,16-17H,13-15,18,27H2,1-3H3,(H,28,32)/b24-17+. The Morgan fingerprint density at radius 1 is 1.23 bits per heavy atom. The van der Waals surface area contributed by atoms with Crippen molar-refractivity contribution in [2.45, 2.75) is 24.7 Å². The third-order valence-corrected chi connectivity index (χ3v) is 7.34. The first-order valence-electron chi connectivity index (χ1n) is 11.4. The van der Waals surface area contributed by atoms with Crippen LogP contribution in [0.5, 0.6) is 5.75 Å². The molecule has 0 fully saturated rings. The fraction of sp³-hybridized carbons (Fsp3) is 0.308. The molecule has 3 N–H and O–H groups in total. The Morgan fingerprint density at radius 3 is 2.66 bits per heavy atom. The van der Waals surface area contributed by atoms with Gasteiger partial charge in [-0.1, -0.05) is 42.5 Å². The maximum absolute atomic E-state index is 13.1. The fourth-order valence-corrected chi connectivity index (χ4v) is 5.46. The summed E-state index contributed by atoms with van der Waals surface area (Å²) < 4.78 is 19.7. The Hall–Kier alpha value is -3.59. The van der Waals surface area contributed by atoms with Crippen molar-refractivity contribution >= 4 is 16.9 Å². The monoisotopic (exact) mass is 493 g/mol. The zero-order valence-electron chi connectivity index (χ0n) is 20.2. The molecule has 35 heavy (non-hydrogen) atoms. The summed E-state index contributed by atoms with van der Waals surface area (Å²) in [6.45, 7) is 0.449. The molecule has 9 heteroatoms. The molecule has 184 valence electrons. The summed E-state index contributed by atoms with van der Waals surface area (Å²) in [6, 6.07) is 17.4. The zero-order chi connectivity index (χ0) is 25.0. The number of hydrogen-bond acceptors (Lipinski definition) is 6. The van der Waals surface area contributed by atoms with E-state index in [0.717, 1.165) is 23.2 Å². The van der Waals surface area contributed by atoms with Crippen molar-refractivity contribution in [3.05, 3.63) is 94.4 Å². The molecule has 1 aliphatic carbocycles. The number of nitrogens with one attached hydrogen (secondary N) is 1. The van der Waals surface area contributed by atoms with Gasteiger partial charge in [-0.05, 0) is 42.5 Å². The highest BCUT2D eigenvalue weighted by Gasteiger charge is 2.38. The number of aryl methyl sites for hydroxylation is 1. The summed E-state index contributed by atoms with van der Waals surface area (Å²) in [5, 5.41) is 7.95. The molecule has 0 saturated heterocycles. The van der Waals surface area contributed by atoms with Crippen LogP contribution in [0.15, 0.2) is 72.0 Å². The van der Waals surface area contributed by atoms with E-state index in [-0.39, 0.29) is 16.4 Å². The number of carbonyl (C=O) groups is 1. The summed E-state index contributed by atoms with van der Waals surface area (Å²) in [6.07, 6.45) is 5.60. The number of aromatic nitrogens is 2. The molecule has 0 aliphatic heterocycles. The van der Waals surface area contributed by atoms with Crippen LogP contribution >= 0.6 is 0 Å². The zero-order valence-corrected chi connectivity index (χ0v) is 21.0. The largest absolute Gasteiger partial charge is 0.496 e. The van der Waals surface area contributed by atoms with Gasteiger partial charge in [0.2, 0.25) is 0 Å². The van der Waals surface area contributed by atoms with Crippen LogP contribution in [0.3, 0.4) is 0 Å². The number of hydrogen-bond donors (Lipinski definition) is 2. The van der Waals surface area contributed by atoms with Gasteiger partial charge in [0.15, 0.2) is 11.0 Å². The second-order valence-electron chi connectivity index (χ2n) is 8.95. The molecule has 3 aromatic rings. The highest BCUT2D eigenvalue weighted by Crippen LogP contribution is 2.38. The van der Waals surface area contributed by atoms with E-state index in [0.29, 0.717) is 30.7 Å². The minimum absolute atomic E-state index is 0.179. The lowest BCUT2D eigenvalue weighted by molar-refractivity contribution is 0.0937. The van der Waals surface area contributed by atoms with Crippen molar-refractivity contribution in [2.24, 2.45) is 5.73 Å². The van der Waals surface area contributed by atoms with Crippen molar-refractivity contribution < 1.29 is 13.7 Å². The number of carbonyl (C=O) groups excluding carboxylic acids is 1. The van der Waals surface area contributed by atoms with Gasteiger partial charge < -0.3 is 20.7 Å². The molecule has 8 nitrogen and oxygen atoms in total. The van der Waals surface area contributed by atoms with Crippen LogP contribution in [0.1, 0.15) is 33.6 Å². The normalized spacial score (nSPS) is 18.4. The fourth-order valence-electron chi connectivity index (χ4n) is 4.55. The van der Waals surface area contributed by atoms with Crippen molar-refractivity contribution in [3.8, 4) is 5.75 Å². The highest BCUT2D eigenvalue weighted by atomic mass is 32.2. The molecule has 0 bridgehead atoms. The van der Waals surface area contributed by atoms with Gasteiger partial charge in [-0.25, -0.2) is 4.21 Å². The molecule has 2 aromatic carbocycles. The molecular weight excluding hydrogens is 462 g/mol. The van der Waals surface area contributed by atoms with Gasteiger partial charge in [0.1, 0.15) is 10.8 Å². The summed E-state index contributed by atoms with van der Waals surface area (Å²) in [5.41, 5.74) is 9.26. The number of amides is 1. The van der Waals surface area contributed by atoms with Gasteiger partial charge in [0, 0.05) is 38.5 Å². The lowest BCUT2D eigenvalue weighted by atomic mass is 9.69. The third kappa shape index (κ3) is 5.24. The van der Waals surface area contributed by atoms with Crippen molar-refractivity contribution in [1.29, 1.82) is 0 Å². The van der Waals surface area contributed by atoms with Crippen molar-refractivity contribution in [2.75, 3.05) is 27.7 Å². The molecule has 1 heterocycles. The molecule has 2 unspecified atom stereocenters. The van der Waals surface area contributed by atoms with Crippen LogP contribution in [0, 0.1) is 0 Å². The summed E-state index contributed by atoms with van der Waals surface area (Å²) in [5.74, 6) is 0.360. The molecule has 1 amide bonds. The van der Waals surface area contributed by atoms with Gasteiger partial charge in [-0.3, -0.25) is 4.79 Å². The van der Waals surface area contributed by atoms with Crippen LogP contribution in [0.4, 0.5) is 0 Å². The van der Waals surface area contributed by atoms with E-state index < -0.39 is 11.0 Å². The van der Waals surface area contributed by atoms with E-state index in [9.17, 15) is 9.00 Å². The predicted octanol–water partition coefficient (Wildman–Crippen LogP) is 2.58. The molecule has 0 radical (unpaired) electrons. The number of methoxy groups -OCH3 is 1. The van der Waals surface area contributed by atoms with E-state index in [1.807, 2.05) is 50.6 Å². The highest BCUT2D eigenvalue weighted by molar-refractivity contribution is 7.87. The Kier molecular flexibility index (Phi) is 7.25. The Bertz CT molecular complexity index is 1250. The number of nitrogens with zero attached hydrogens (tertiary/aromatic N) is 3. The van der Waals surface area contributed by atoms with Crippen LogP contribution in [0.25, 0.3) is 0 Å². The smallest absolute Gasteiger partial charge is 0.255 e. The van der Waals surface area contributed by atoms with Gasteiger partial charge >= 0.3 is 0 Å². The Labute approximate surface area is 208 Å². The number of fused-ring (bicyclic) bond motifs is 1. The van der Waals surface area contributed by atoms with Crippen LogP contribution < -0.4 is 15.8 Å². The van der Waals surface area contributed by atoms with Crippen LogP contribution in [-0.2, 0) is 29.2 Å². The lowest BCUT2D eigenvalue weighted by Crippen LogP contribution is -2.44. The number of rotatable bonds is 8. The first-order chi connectivity index (χ1) is 16.8. The van der Waals surface area contributed by atoms with Crippen LogP contribution in [-0.4, -0.2) is 52.0 Å². The topological polar surface area (TPSA) is 102 Å². The average molecular weight is 494 g/mol. The quantitative estimate of drug-likeness (QED) is 0.500. The molecule has 1 aromatic heterocycles. The minimum Gasteiger partial charge on any atom is -0.496 e. The van der Waals surface area contributed by atoms with E-state index in [2.05, 4.69) is 22.5 Å². The molecule has 4 rings (SSSR count). The van der Waals surface area contributed by atoms with E-state index in [1.54, 1.807) is 30.3 Å². The maximum Gasteiger partial charge on any atom is 0.255 e. The first kappa shape index (κ1) is 24.5. The predicted molar refractivity (Wildman–Crippen MR) is 137 cm³/mol. The second-order valence-corrected chi connectivity index (χ2v) is 10.3. The molecule has 0 spiro atoms. The maximum atomic E-state index is 13.1. The number of ether oxygens (including phenoxy) is 1. The van der Waals surface area contributed by atoms with E-state index >= 15 is 0 Å². The van der Waals surface area contributed by atoms with E-state index in [4.69, 9.17) is 10.5 Å². The molecule has 2 atom stereocenters. The van der Waals surface area contributed by atoms with Gasteiger partial charge in [0.25, 0.3) is 5.91 Å². The molecule has 1 aliphatic rings. The first-order valence-corrected chi connectivity index (χ1v) is 12.5. The summed E-state index contributed by atoms with van der Waals surface area (Å²) in [4.78, 5) is 14.8. The lowest BCUT2D eigenvalue weighted by Gasteiger charge is -2.37. The number of benzene rings is 2. The van der Waals surface area contributed by atoms with Crippen molar-refractivity contribution in [3.63, 3.8) is 0 Å². The second kappa shape index (κ2) is 10.4. The average Bonchev–Trinajstić information content (AvgIpc) is 3.30. The Morgan fingerprint density at radius 2 is 1.94 bits per heavy atom. The number of nitrogens with two attached hydrogens (primary N) is 1. The SMILES string of the molecule is COc1ccccc1C(=O)NCC1(c2ccccc2)CCc2nn(S(=O)/C(N)=C/N(C)C)cc2C1. The van der Waals surface area contributed by atoms with Gasteiger partial charge in [0.05, 0.1) is 18.4 Å². The van der Waals surface area contributed by atoms with Gasteiger partial charge in [-0.2, -0.15) is 9.19 Å². The Balaban J connectivity index is 1.61. The van der Waals surface area contributed by atoms with Crippen LogP contribution in [0.2, 0.25) is 0 Å². The van der Waals surface area contributed by atoms with Gasteiger partial charge in [-0.15, -0.1) is 0 Å². The number of para-hydroxylation sites is 1. The summed E-state index contributed by atoms with van der Waals surface area (Å²) >= 11 is 0. The minimum atomic E-state index is -1.60. The van der Waals surface area contributed by atoms with E-state index in [1.165, 1.54) is 4.09 Å².